The van der Waals surface area contributed by atoms with Gasteiger partial charge in [-0.1, -0.05) is 59.8 Å². The molecule has 2 aromatic carbocycles. The number of nitrogens with one attached hydrogen (secondary N) is 1. The number of ether oxygens (including phenoxy) is 1. The second-order valence-electron chi connectivity index (χ2n) is 8.08. The minimum Gasteiger partial charge on any atom is -0.872 e. The summed E-state index contributed by atoms with van der Waals surface area (Å²) in [5, 5.41) is 14.1. The van der Waals surface area contributed by atoms with Gasteiger partial charge in [0.05, 0.1) is 36.7 Å². The number of hydrogen-bond acceptors (Lipinski definition) is 4. The van der Waals surface area contributed by atoms with Crippen LogP contribution in [0.5, 0.6) is 5.75 Å². The first-order chi connectivity index (χ1) is 15.7. The lowest BCUT2D eigenvalue weighted by Gasteiger charge is -2.28. The standard InChI is InChI=1S/C25H26Cl2N2O4/c1-4-14-33-18-9-6-16(7-10-18)23(30)21-22(17-8-11-19(26)20(27)15-17)29(25(32)24(21)31)13-5-12-28(2)3/h4,6-11,15,22,30H,1,5,12-14H2,2-3H3. The molecule has 6 nitrogen and oxygen atoms in total. The minimum absolute atomic E-state index is 0.0876. The second-order valence-corrected chi connectivity index (χ2v) is 8.90. The third-order valence-corrected chi connectivity index (χ3v) is 6.09. The van der Waals surface area contributed by atoms with Crippen molar-refractivity contribution >= 4 is 40.7 Å². The van der Waals surface area contributed by atoms with Crippen LogP contribution in [0.1, 0.15) is 23.6 Å². The van der Waals surface area contributed by atoms with E-state index in [2.05, 4.69) is 6.58 Å². The molecule has 2 aromatic rings. The molecule has 1 saturated heterocycles. The Hall–Kier alpha value is -2.80. The fraction of sp³-hybridized carbons (Fsp3) is 0.280. The molecule has 0 aromatic heterocycles. The van der Waals surface area contributed by atoms with Crippen LogP contribution in [0.25, 0.3) is 5.76 Å². The van der Waals surface area contributed by atoms with Crippen LogP contribution in [0.4, 0.5) is 0 Å². The van der Waals surface area contributed by atoms with Crippen molar-refractivity contribution in [2.45, 2.75) is 12.5 Å². The molecule has 174 valence electrons. The number of quaternary nitrogens is 1. The quantitative estimate of drug-likeness (QED) is 0.254. The number of carbonyl (C=O) groups excluding carboxylic acids is 2. The highest BCUT2D eigenvalue weighted by molar-refractivity contribution is 6.46. The molecular weight excluding hydrogens is 463 g/mol. The van der Waals surface area contributed by atoms with E-state index >= 15 is 0 Å². The Bertz CT molecular complexity index is 1080. The summed E-state index contributed by atoms with van der Waals surface area (Å²) in [4.78, 5) is 28.6. The summed E-state index contributed by atoms with van der Waals surface area (Å²) in [6, 6.07) is 10.5. The first-order valence-electron chi connectivity index (χ1n) is 10.6. The van der Waals surface area contributed by atoms with Gasteiger partial charge >= 0.3 is 0 Å². The Kier molecular flexibility index (Phi) is 8.19. The van der Waals surface area contributed by atoms with Gasteiger partial charge in [-0.3, -0.25) is 9.59 Å². The molecule has 1 atom stereocenters. The minimum atomic E-state index is -0.832. The van der Waals surface area contributed by atoms with Crippen LogP contribution in [0.3, 0.4) is 0 Å². The average Bonchev–Trinajstić information content (AvgIpc) is 3.04. The molecule has 0 saturated carbocycles. The van der Waals surface area contributed by atoms with E-state index in [4.69, 9.17) is 27.9 Å². The van der Waals surface area contributed by atoms with Gasteiger partial charge < -0.3 is 19.6 Å². The summed E-state index contributed by atoms with van der Waals surface area (Å²) >= 11 is 12.3. The second kappa shape index (κ2) is 10.9. The third-order valence-electron chi connectivity index (χ3n) is 5.35. The zero-order valence-corrected chi connectivity index (χ0v) is 20.1. The Labute approximate surface area is 203 Å². The monoisotopic (exact) mass is 488 g/mol. The highest BCUT2D eigenvalue weighted by Gasteiger charge is 2.44. The van der Waals surface area contributed by atoms with Gasteiger partial charge in [0.25, 0.3) is 5.91 Å². The lowest BCUT2D eigenvalue weighted by atomic mass is 9.95. The number of benzene rings is 2. The number of ketones is 1. The molecule has 1 heterocycles. The molecule has 1 N–H and O–H groups in total. The van der Waals surface area contributed by atoms with Crippen molar-refractivity contribution < 1.29 is 24.3 Å². The van der Waals surface area contributed by atoms with E-state index in [0.717, 1.165) is 6.54 Å². The average molecular weight is 489 g/mol. The maximum Gasteiger partial charge on any atom is 0.295 e. The number of amides is 1. The van der Waals surface area contributed by atoms with Gasteiger partial charge in [0, 0.05) is 18.5 Å². The molecular formula is C25H26Cl2N2O4. The number of Topliss-reactive ketones (excluding diaryl/α,β-unsaturated/α-hetero) is 1. The number of hydrogen-bond donors (Lipinski definition) is 1. The van der Waals surface area contributed by atoms with Crippen molar-refractivity contribution in [1.29, 1.82) is 0 Å². The largest absolute Gasteiger partial charge is 0.872 e. The predicted octanol–water partition coefficient (Wildman–Crippen LogP) is 2.32. The van der Waals surface area contributed by atoms with Crippen molar-refractivity contribution in [1.82, 2.24) is 4.90 Å². The van der Waals surface area contributed by atoms with Crippen LogP contribution in [0, 0.1) is 0 Å². The molecule has 1 fully saturated rings. The molecule has 0 spiro atoms. The highest BCUT2D eigenvalue weighted by Crippen LogP contribution is 2.40. The summed E-state index contributed by atoms with van der Waals surface area (Å²) in [5.74, 6) is -1.41. The van der Waals surface area contributed by atoms with E-state index in [9.17, 15) is 14.7 Å². The van der Waals surface area contributed by atoms with Crippen LogP contribution in [-0.4, -0.2) is 50.4 Å². The predicted molar refractivity (Wildman–Crippen MR) is 127 cm³/mol. The maximum atomic E-state index is 13.4. The van der Waals surface area contributed by atoms with Crippen LogP contribution in [0.15, 0.2) is 60.7 Å². The summed E-state index contributed by atoms with van der Waals surface area (Å²) < 4.78 is 5.45. The van der Waals surface area contributed by atoms with Crippen molar-refractivity contribution in [3.63, 3.8) is 0 Å². The van der Waals surface area contributed by atoms with Gasteiger partial charge in [-0.25, -0.2) is 0 Å². The van der Waals surface area contributed by atoms with Crippen molar-refractivity contribution in [3.05, 3.63) is 81.9 Å². The Morgan fingerprint density at radius 2 is 1.85 bits per heavy atom. The topological polar surface area (TPSA) is 74.1 Å². The number of likely N-dealkylation sites (tertiary alicyclic amines) is 1. The molecule has 3 rings (SSSR count). The zero-order valence-electron chi connectivity index (χ0n) is 18.6. The Balaban J connectivity index is 2.05. The van der Waals surface area contributed by atoms with Crippen molar-refractivity contribution in [2.75, 3.05) is 33.8 Å². The molecule has 1 amide bonds. The van der Waals surface area contributed by atoms with E-state index in [1.165, 1.54) is 9.80 Å². The molecule has 0 bridgehead atoms. The van der Waals surface area contributed by atoms with E-state index in [1.807, 2.05) is 14.1 Å². The summed E-state index contributed by atoms with van der Waals surface area (Å²) in [6.45, 7) is 5.08. The van der Waals surface area contributed by atoms with E-state index in [-0.39, 0.29) is 10.6 Å². The van der Waals surface area contributed by atoms with Crippen LogP contribution >= 0.6 is 23.2 Å². The molecule has 1 aliphatic heterocycles. The molecule has 33 heavy (non-hydrogen) atoms. The van der Waals surface area contributed by atoms with Crippen LogP contribution in [-0.2, 0) is 9.59 Å². The van der Waals surface area contributed by atoms with E-state index in [0.29, 0.717) is 41.5 Å². The molecule has 0 radical (unpaired) electrons. The highest BCUT2D eigenvalue weighted by atomic mass is 35.5. The number of nitrogens with zero attached hydrogens (tertiary/aromatic N) is 1. The number of rotatable bonds is 9. The lowest BCUT2D eigenvalue weighted by Crippen LogP contribution is -3.05. The summed E-state index contributed by atoms with van der Waals surface area (Å²) in [7, 11) is 4.02. The van der Waals surface area contributed by atoms with Gasteiger partial charge in [-0.15, -0.1) is 0 Å². The van der Waals surface area contributed by atoms with E-state index in [1.54, 1.807) is 48.5 Å². The fourth-order valence-electron chi connectivity index (χ4n) is 3.75. The first-order valence-corrected chi connectivity index (χ1v) is 11.3. The van der Waals surface area contributed by atoms with Crippen molar-refractivity contribution in [2.24, 2.45) is 0 Å². The Morgan fingerprint density at radius 3 is 2.45 bits per heavy atom. The Morgan fingerprint density at radius 1 is 1.15 bits per heavy atom. The van der Waals surface area contributed by atoms with Gasteiger partial charge in [0.1, 0.15) is 12.4 Å². The summed E-state index contributed by atoms with van der Waals surface area (Å²) in [5.41, 5.74) is 0.771. The van der Waals surface area contributed by atoms with Crippen LogP contribution < -0.4 is 14.7 Å². The van der Waals surface area contributed by atoms with Gasteiger partial charge in [-0.05, 0) is 35.4 Å². The van der Waals surface area contributed by atoms with Gasteiger partial charge in [0.15, 0.2) is 0 Å². The molecule has 0 aliphatic carbocycles. The van der Waals surface area contributed by atoms with E-state index < -0.39 is 23.5 Å². The number of carbonyl (C=O) groups is 2. The molecule has 1 unspecified atom stereocenters. The fourth-order valence-corrected chi connectivity index (χ4v) is 4.05. The SMILES string of the molecule is C=CCOc1ccc(C([O-])=C2C(=O)C(=O)N(CCC[NH+](C)C)C2c2ccc(Cl)c(Cl)c2)cc1. The third kappa shape index (κ3) is 5.58. The lowest BCUT2D eigenvalue weighted by molar-refractivity contribution is -0.858. The zero-order chi connectivity index (χ0) is 24.1. The normalized spacial score (nSPS) is 17.6. The first kappa shape index (κ1) is 24.8. The molecule has 1 aliphatic rings. The van der Waals surface area contributed by atoms with Gasteiger partial charge in [-0.2, -0.15) is 0 Å². The van der Waals surface area contributed by atoms with Crippen molar-refractivity contribution in [3.8, 4) is 5.75 Å². The number of halogens is 2. The van der Waals surface area contributed by atoms with Gasteiger partial charge in [0.2, 0.25) is 5.78 Å². The molecule has 8 heteroatoms. The smallest absolute Gasteiger partial charge is 0.295 e. The van der Waals surface area contributed by atoms with Crippen LogP contribution in [0.2, 0.25) is 10.0 Å². The maximum absolute atomic E-state index is 13.4. The summed E-state index contributed by atoms with van der Waals surface area (Å²) in [6.07, 6.45) is 2.29.